The molecule has 130 valence electrons. The monoisotopic (exact) mass is 352 g/mol. The average Bonchev–Trinajstić information content (AvgIpc) is 3.19. The third kappa shape index (κ3) is 3.43. The van der Waals surface area contributed by atoms with Crippen molar-refractivity contribution in [1.82, 2.24) is 10.2 Å². The lowest BCUT2D eigenvalue weighted by atomic mass is 9.91. The van der Waals surface area contributed by atoms with Crippen molar-refractivity contribution >= 4 is 29.5 Å². The fourth-order valence-electron chi connectivity index (χ4n) is 3.14. The van der Waals surface area contributed by atoms with Crippen molar-refractivity contribution in [2.75, 3.05) is 18.1 Å². The molecule has 0 radical (unpaired) electrons. The van der Waals surface area contributed by atoms with Crippen molar-refractivity contribution < 1.29 is 23.9 Å². The number of hydrogen-bond acceptors (Lipinski definition) is 5. The number of carbonyl (C=O) groups excluding carboxylic acids is 2. The molecule has 3 heterocycles. The lowest BCUT2D eigenvalue weighted by Gasteiger charge is -2.34. The number of carbonyl (C=O) groups is 3. The van der Waals surface area contributed by atoms with Crippen LogP contribution in [0.25, 0.3) is 0 Å². The van der Waals surface area contributed by atoms with Gasteiger partial charge in [-0.3, -0.25) is 9.59 Å². The summed E-state index contributed by atoms with van der Waals surface area (Å²) >= 11 is 1.69. The van der Waals surface area contributed by atoms with E-state index in [1.54, 1.807) is 28.8 Å². The van der Waals surface area contributed by atoms with Gasteiger partial charge in [-0.25, -0.2) is 4.79 Å². The second-order valence-electron chi connectivity index (χ2n) is 6.24. The maximum atomic E-state index is 12.5. The van der Waals surface area contributed by atoms with E-state index in [2.05, 4.69) is 5.32 Å². The van der Waals surface area contributed by atoms with Crippen molar-refractivity contribution in [3.63, 3.8) is 0 Å². The highest BCUT2D eigenvalue weighted by atomic mass is 32.2. The Hall–Kier alpha value is -1.96. The van der Waals surface area contributed by atoms with Crippen molar-refractivity contribution in [3.05, 3.63) is 24.2 Å². The van der Waals surface area contributed by atoms with Gasteiger partial charge in [0.05, 0.1) is 18.7 Å². The van der Waals surface area contributed by atoms with E-state index < -0.39 is 17.4 Å². The summed E-state index contributed by atoms with van der Waals surface area (Å²) in [5.74, 6) is 0.110. The quantitative estimate of drug-likeness (QED) is 0.823. The third-order valence-electron chi connectivity index (χ3n) is 4.63. The fraction of sp³-hybridized carbons (Fsp3) is 0.562. The van der Waals surface area contributed by atoms with Crippen LogP contribution in [0.5, 0.6) is 0 Å². The Bertz CT molecular complexity index is 624. The molecular formula is C16H20N2O5S. The summed E-state index contributed by atoms with van der Waals surface area (Å²) in [5.41, 5.74) is -1.19. The molecule has 2 fully saturated rings. The van der Waals surface area contributed by atoms with Crippen LogP contribution in [0.3, 0.4) is 0 Å². The highest BCUT2D eigenvalue weighted by Crippen LogP contribution is 2.29. The van der Waals surface area contributed by atoms with Crippen LogP contribution >= 0.6 is 11.8 Å². The zero-order valence-corrected chi connectivity index (χ0v) is 14.0. The van der Waals surface area contributed by atoms with Crippen LogP contribution in [0.4, 0.5) is 0 Å². The van der Waals surface area contributed by atoms with Crippen LogP contribution in [0, 0.1) is 5.92 Å². The summed E-state index contributed by atoms with van der Waals surface area (Å²) in [6, 6.07) is 3.53. The molecule has 0 bridgehead atoms. The van der Waals surface area contributed by atoms with Crippen LogP contribution in [0.15, 0.2) is 22.8 Å². The normalized spacial score (nSPS) is 23.2. The minimum atomic E-state index is -1.19. The number of furan rings is 1. The first-order valence-corrected chi connectivity index (χ1v) is 9.09. The molecule has 2 saturated heterocycles. The molecule has 2 N–H and O–H groups in total. The van der Waals surface area contributed by atoms with Crippen molar-refractivity contribution in [3.8, 4) is 0 Å². The lowest BCUT2D eigenvalue weighted by Crippen LogP contribution is -2.58. The van der Waals surface area contributed by atoms with E-state index in [9.17, 15) is 19.5 Å². The fourth-order valence-corrected chi connectivity index (χ4v) is 4.33. The van der Waals surface area contributed by atoms with Gasteiger partial charge in [0.25, 0.3) is 0 Å². The van der Waals surface area contributed by atoms with Crippen molar-refractivity contribution in [2.24, 2.45) is 5.92 Å². The number of rotatable bonds is 5. The first-order valence-electron chi connectivity index (χ1n) is 7.93. The summed E-state index contributed by atoms with van der Waals surface area (Å²) in [5, 5.41) is 12.3. The molecule has 0 spiro atoms. The maximum Gasteiger partial charge on any atom is 0.329 e. The molecule has 1 atom stereocenters. The van der Waals surface area contributed by atoms with Crippen LogP contribution in [-0.2, 0) is 20.9 Å². The number of carboxylic acid groups (broad SMARTS) is 1. The van der Waals surface area contributed by atoms with Crippen LogP contribution in [0.2, 0.25) is 0 Å². The Kier molecular flexibility index (Phi) is 4.84. The van der Waals surface area contributed by atoms with Gasteiger partial charge in [-0.1, -0.05) is 0 Å². The van der Waals surface area contributed by atoms with E-state index in [-0.39, 0.29) is 24.8 Å². The zero-order valence-electron chi connectivity index (χ0n) is 13.2. The van der Waals surface area contributed by atoms with Gasteiger partial charge >= 0.3 is 5.97 Å². The molecule has 0 saturated carbocycles. The van der Waals surface area contributed by atoms with E-state index in [0.717, 1.165) is 0 Å². The number of thioether (sulfide) groups is 1. The smallest absolute Gasteiger partial charge is 0.329 e. The predicted molar refractivity (Wildman–Crippen MR) is 87.3 cm³/mol. The first-order chi connectivity index (χ1) is 11.5. The number of likely N-dealkylation sites (tertiary alicyclic amines) is 1. The largest absolute Gasteiger partial charge is 0.480 e. The molecule has 24 heavy (non-hydrogen) atoms. The standard InChI is InChI=1S/C16H20N2O5S/c19-13-8-11(9-18(13)10-12-2-1-5-23-12)14(20)17-16(15(21)22)3-6-24-7-4-16/h1-2,5,11H,3-4,6-10H2,(H,17,20)(H,21,22). The molecule has 0 aromatic carbocycles. The predicted octanol–water partition coefficient (Wildman–Crippen LogP) is 1.09. The molecule has 1 aromatic rings. The van der Waals surface area contributed by atoms with Gasteiger partial charge in [-0.2, -0.15) is 11.8 Å². The van der Waals surface area contributed by atoms with Crippen molar-refractivity contribution in [2.45, 2.75) is 31.3 Å². The van der Waals surface area contributed by atoms with Gasteiger partial charge in [0.2, 0.25) is 11.8 Å². The molecule has 8 heteroatoms. The van der Waals surface area contributed by atoms with E-state index >= 15 is 0 Å². The average molecular weight is 352 g/mol. The Morgan fingerprint density at radius 2 is 2.17 bits per heavy atom. The molecule has 7 nitrogen and oxygen atoms in total. The van der Waals surface area contributed by atoms with E-state index in [0.29, 0.717) is 36.7 Å². The summed E-state index contributed by atoms with van der Waals surface area (Å²) in [7, 11) is 0. The lowest BCUT2D eigenvalue weighted by molar-refractivity contribution is -0.148. The van der Waals surface area contributed by atoms with Gasteiger partial charge < -0.3 is 19.7 Å². The molecule has 0 aliphatic carbocycles. The second-order valence-corrected chi connectivity index (χ2v) is 7.47. The van der Waals surface area contributed by atoms with Gasteiger partial charge in [0, 0.05) is 13.0 Å². The summed E-state index contributed by atoms with van der Waals surface area (Å²) in [6.45, 7) is 0.617. The highest BCUT2D eigenvalue weighted by Gasteiger charge is 2.44. The summed E-state index contributed by atoms with van der Waals surface area (Å²) < 4.78 is 5.23. The molecule has 2 amide bonds. The summed E-state index contributed by atoms with van der Waals surface area (Å²) in [4.78, 5) is 37.9. The van der Waals surface area contributed by atoms with Crippen LogP contribution in [0.1, 0.15) is 25.0 Å². The second kappa shape index (κ2) is 6.88. The Morgan fingerprint density at radius 1 is 1.42 bits per heavy atom. The highest BCUT2D eigenvalue weighted by molar-refractivity contribution is 7.99. The van der Waals surface area contributed by atoms with Crippen LogP contribution in [-0.4, -0.2) is 51.4 Å². The van der Waals surface area contributed by atoms with E-state index in [1.807, 2.05) is 0 Å². The van der Waals surface area contributed by atoms with Gasteiger partial charge in [0.15, 0.2) is 0 Å². The maximum absolute atomic E-state index is 12.5. The molecular weight excluding hydrogens is 332 g/mol. The Morgan fingerprint density at radius 3 is 2.79 bits per heavy atom. The first kappa shape index (κ1) is 16.9. The van der Waals surface area contributed by atoms with Crippen LogP contribution < -0.4 is 5.32 Å². The molecule has 2 aliphatic rings. The molecule has 3 rings (SSSR count). The molecule has 2 aliphatic heterocycles. The molecule has 1 aromatic heterocycles. The Labute approximate surface area is 143 Å². The minimum absolute atomic E-state index is 0.108. The van der Waals surface area contributed by atoms with E-state index in [4.69, 9.17) is 4.42 Å². The number of aliphatic carboxylic acids is 1. The Balaban J connectivity index is 1.63. The minimum Gasteiger partial charge on any atom is -0.480 e. The number of amides is 2. The zero-order chi connectivity index (χ0) is 17.2. The van der Waals surface area contributed by atoms with Gasteiger partial charge in [-0.15, -0.1) is 0 Å². The third-order valence-corrected chi connectivity index (χ3v) is 5.62. The topological polar surface area (TPSA) is 99.8 Å². The number of hydrogen-bond donors (Lipinski definition) is 2. The van der Waals surface area contributed by atoms with E-state index in [1.165, 1.54) is 6.26 Å². The SMILES string of the molecule is O=C(NC1(C(=O)O)CCSCC1)C1CC(=O)N(Cc2ccco2)C1. The van der Waals surface area contributed by atoms with Crippen molar-refractivity contribution in [1.29, 1.82) is 0 Å². The van der Waals surface area contributed by atoms with Gasteiger partial charge in [0.1, 0.15) is 11.3 Å². The molecule has 1 unspecified atom stereocenters. The number of nitrogens with zero attached hydrogens (tertiary/aromatic N) is 1. The van der Waals surface area contributed by atoms with Gasteiger partial charge in [-0.05, 0) is 36.5 Å². The number of carboxylic acids is 1. The summed E-state index contributed by atoms with van der Waals surface area (Å²) in [6.07, 6.45) is 2.47. The number of nitrogens with one attached hydrogen (secondary N) is 1.